The average Bonchev–Trinajstić information content (AvgIpc) is 2.61. The summed E-state index contributed by atoms with van der Waals surface area (Å²) < 4.78 is 26.7. The van der Waals surface area contributed by atoms with Gasteiger partial charge in [-0.3, -0.25) is 14.4 Å². The van der Waals surface area contributed by atoms with Gasteiger partial charge in [0, 0.05) is 38.2 Å². The van der Waals surface area contributed by atoms with Crippen LogP contribution >= 0.6 is 0 Å². The van der Waals surface area contributed by atoms with Gasteiger partial charge in [-0.15, -0.1) is 0 Å². The van der Waals surface area contributed by atoms with Crippen LogP contribution in [0.2, 0.25) is 0 Å². The number of likely N-dealkylation sites (tertiary alicyclic amines) is 1. The third-order valence-corrected chi connectivity index (χ3v) is 4.58. The smallest absolute Gasteiger partial charge is 0.305 e. The summed E-state index contributed by atoms with van der Waals surface area (Å²) in [5, 5.41) is 8.76. The Hall–Kier alpha value is -2.51. The fraction of sp³-hybridized carbons (Fsp3) is 0.500. The first kappa shape index (κ1) is 19.8. The Labute approximate surface area is 150 Å². The number of nitrogens with zero attached hydrogens (tertiary/aromatic N) is 2. The van der Waals surface area contributed by atoms with Crippen molar-refractivity contribution in [2.24, 2.45) is 5.92 Å². The van der Waals surface area contributed by atoms with Gasteiger partial charge in [0.2, 0.25) is 5.91 Å². The van der Waals surface area contributed by atoms with E-state index in [9.17, 15) is 23.2 Å². The third-order valence-electron chi connectivity index (χ3n) is 4.58. The number of amides is 2. The first-order valence-electron chi connectivity index (χ1n) is 8.58. The highest BCUT2D eigenvalue weighted by Crippen LogP contribution is 2.22. The second kappa shape index (κ2) is 8.73. The van der Waals surface area contributed by atoms with Gasteiger partial charge in [0.15, 0.2) is 0 Å². The standard InChI is InChI=1S/C18H22F2N2O4/c1-2-21(10-7-16(23)24)17(25)12-5-8-22(9-6-12)18(26)14-4-3-13(19)11-15(14)20/h3-4,11-12H,2,5-10H2,1H3,(H,23,24). The monoisotopic (exact) mass is 368 g/mol. The fourth-order valence-corrected chi connectivity index (χ4v) is 3.08. The molecule has 1 aromatic rings. The van der Waals surface area contributed by atoms with E-state index in [4.69, 9.17) is 5.11 Å². The van der Waals surface area contributed by atoms with Gasteiger partial charge in [-0.25, -0.2) is 8.78 Å². The molecule has 8 heteroatoms. The molecule has 1 N–H and O–H groups in total. The van der Waals surface area contributed by atoms with Crippen molar-refractivity contribution in [3.05, 3.63) is 35.4 Å². The molecule has 1 saturated heterocycles. The number of halogens is 2. The molecule has 2 amide bonds. The summed E-state index contributed by atoms with van der Waals surface area (Å²) in [6, 6.07) is 2.83. The first-order valence-corrected chi connectivity index (χ1v) is 8.58. The lowest BCUT2D eigenvalue weighted by Gasteiger charge is -2.34. The molecule has 0 radical (unpaired) electrons. The van der Waals surface area contributed by atoms with E-state index >= 15 is 0 Å². The first-order chi connectivity index (χ1) is 12.3. The topological polar surface area (TPSA) is 77.9 Å². The van der Waals surface area contributed by atoms with Crippen LogP contribution in [0.3, 0.4) is 0 Å². The van der Waals surface area contributed by atoms with Crippen molar-refractivity contribution in [1.29, 1.82) is 0 Å². The molecular formula is C18H22F2N2O4. The fourth-order valence-electron chi connectivity index (χ4n) is 3.08. The minimum Gasteiger partial charge on any atom is -0.481 e. The number of carbonyl (C=O) groups excluding carboxylic acids is 2. The van der Waals surface area contributed by atoms with E-state index in [2.05, 4.69) is 0 Å². The van der Waals surface area contributed by atoms with Crippen molar-refractivity contribution in [3.8, 4) is 0 Å². The van der Waals surface area contributed by atoms with Crippen LogP contribution in [0.5, 0.6) is 0 Å². The summed E-state index contributed by atoms with van der Waals surface area (Å²) in [6.07, 6.45) is 0.745. The molecule has 0 spiro atoms. The van der Waals surface area contributed by atoms with Crippen molar-refractivity contribution in [1.82, 2.24) is 9.80 Å². The molecule has 1 aliphatic rings. The maximum Gasteiger partial charge on any atom is 0.305 e. The Balaban J connectivity index is 1.94. The second-order valence-electron chi connectivity index (χ2n) is 6.25. The highest BCUT2D eigenvalue weighted by molar-refractivity contribution is 5.94. The molecule has 1 aliphatic heterocycles. The number of hydrogen-bond acceptors (Lipinski definition) is 3. The molecule has 0 aliphatic carbocycles. The van der Waals surface area contributed by atoms with Gasteiger partial charge in [0.1, 0.15) is 11.6 Å². The molecule has 0 aromatic heterocycles. The number of piperidine rings is 1. The lowest BCUT2D eigenvalue weighted by molar-refractivity contribution is -0.140. The molecular weight excluding hydrogens is 346 g/mol. The quantitative estimate of drug-likeness (QED) is 0.835. The highest BCUT2D eigenvalue weighted by Gasteiger charge is 2.31. The number of benzene rings is 1. The van der Waals surface area contributed by atoms with Gasteiger partial charge >= 0.3 is 5.97 Å². The van der Waals surface area contributed by atoms with Crippen LogP contribution < -0.4 is 0 Å². The zero-order chi connectivity index (χ0) is 19.3. The maximum atomic E-state index is 13.8. The van der Waals surface area contributed by atoms with E-state index in [1.807, 2.05) is 0 Å². The van der Waals surface area contributed by atoms with E-state index in [0.717, 1.165) is 12.1 Å². The molecule has 0 bridgehead atoms. The Morgan fingerprint density at radius 3 is 2.42 bits per heavy atom. The Bertz CT molecular complexity index is 688. The molecule has 1 heterocycles. The van der Waals surface area contributed by atoms with Crippen molar-refractivity contribution >= 4 is 17.8 Å². The highest BCUT2D eigenvalue weighted by atomic mass is 19.1. The van der Waals surface area contributed by atoms with Gasteiger partial charge in [0.05, 0.1) is 12.0 Å². The van der Waals surface area contributed by atoms with Crippen LogP contribution in [0.25, 0.3) is 0 Å². The summed E-state index contributed by atoms with van der Waals surface area (Å²) in [6.45, 7) is 2.96. The molecule has 26 heavy (non-hydrogen) atoms. The number of rotatable bonds is 6. The molecule has 1 aromatic carbocycles. The van der Waals surface area contributed by atoms with Crippen LogP contribution in [0.1, 0.15) is 36.5 Å². The van der Waals surface area contributed by atoms with E-state index in [1.165, 1.54) is 9.80 Å². The van der Waals surface area contributed by atoms with Crippen LogP contribution in [0, 0.1) is 17.6 Å². The van der Waals surface area contributed by atoms with Gasteiger partial charge in [-0.05, 0) is 31.9 Å². The average molecular weight is 368 g/mol. The Morgan fingerprint density at radius 2 is 1.88 bits per heavy atom. The predicted octanol–water partition coefficient (Wildman–Crippen LogP) is 2.14. The van der Waals surface area contributed by atoms with Gasteiger partial charge < -0.3 is 14.9 Å². The summed E-state index contributed by atoms with van der Waals surface area (Å²) in [7, 11) is 0. The largest absolute Gasteiger partial charge is 0.481 e. The van der Waals surface area contributed by atoms with Crippen molar-refractivity contribution in [2.75, 3.05) is 26.2 Å². The molecule has 0 saturated carbocycles. The normalized spacial score (nSPS) is 15.0. The Morgan fingerprint density at radius 1 is 1.23 bits per heavy atom. The number of carboxylic acid groups (broad SMARTS) is 1. The van der Waals surface area contributed by atoms with E-state index < -0.39 is 23.5 Å². The minimum absolute atomic E-state index is 0.110. The van der Waals surface area contributed by atoms with Crippen molar-refractivity contribution < 1.29 is 28.3 Å². The molecule has 142 valence electrons. The SMILES string of the molecule is CCN(CCC(=O)O)C(=O)C1CCN(C(=O)c2ccc(F)cc2F)CC1. The van der Waals surface area contributed by atoms with E-state index in [1.54, 1.807) is 6.92 Å². The number of carboxylic acids is 1. The zero-order valence-corrected chi connectivity index (χ0v) is 14.6. The third kappa shape index (κ3) is 4.77. The molecule has 0 atom stereocenters. The molecule has 1 fully saturated rings. The van der Waals surface area contributed by atoms with Crippen LogP contribution in [0.4, 0.5) is 8.78 Å². The number of carbonyl (C=O) groups is 3. The lowest BCUT2D eigenvalue weighted by Crippen LogP contribution is -2.45. The summed E-state index contributed by atoms with van der Waals surface area (Å²) in [4.78, 5) is 38.5. The lowest BCUT2D eigenvalue weighted by atomic mass is 9.94. The second-order valence-corrected chi connectivity index (χ2v) is 6.25. The maximum absolute atomic E-state index is 13.8. The van der Waals surface area contributed by atoms with E-state index in [0.29, 0.717) is 38.5 Å². The van der Waals surface area contributed by atoms with Gasteiger partial charge in [-0.1, -0.05) is 0 Å². The molecule has 6 nitrogen and oxygen atoms in total. The van der Waals surface area contributed by atoms with Crippen molar-refractivity contribution in [2.45, 2.75) is 26.2 Å². The zero-order valence-electron chi connectivity index (χ0n) is 14.6. The predicted molar refractivity (Wildman–Crippen MR) is 89.5 cm³/mol. The van der Waals surface area contributed by atoms with Gasteiger partial charge in [0.25, 0.3) is 5.91 Å². The summed E-state index contributed by atoms with van der Waals surface area (Å²) in [5.74, 6) is -3.53. The number of hydrogen-bond donors (Lipinski definition) is 1. The molecule has 2 rings (SSSR count). The van der Waals surface area contributed by atoms with E-state index in [-0.39, 0.29) is 30.4 Å². The van der Waals surface area contributed by atoms with Crippen LogP contribution in [-0.2, 0) is 9.59 Å². The summed E-state index contributed by atoms with van der Waals surface area (Å²) in [5.41, 5.74) is -0.187. The summed E-state index contributed by atoms with van der Waals surface area (Å²) >= 11 is 0. The number of aliphatic carboxylic acids is 1. The van der Waals surface area contributed by atoms with Gasteiger partial charge in [-0.2, -0.15) is 0 Å². The Kier molecular flexibility index (Phi) is 6.65. The van der Waals surface area contributed by atoms with Crippen LogP contribution in [0.15, 0.2) is 18.2 Å². The minimum atomic E-state index is -0.960. The van der Waals surface area contributed by atoms with Crippen molar-refractivity contribution in [3.63, 3.8) is 0 Å². The molecule has 0 unspecified atom stereocenters. The van der Waals surface area contributed by atoms with Crippen LogP contribution in [-0.4, -0.2) is 58.9 Å².